The van der Waals surface area contributed by atoms with Crippen molar-refractivity contribution in [2.75, 3.05) is 10.0 Å². The number of sulfonamides is 1. The molecule has 0 unspecified atom stereocenters. The van der Waals surface area contributed by atoms with Crippen LogP contribution in [0.1, 0.15) is 11.1 Å². The number of non-ortho nitro benzene ring substituents is 1. The van der Waals surface area contributed by atoms with E-state index < -0.39 is 14.9 Å². The van der Waals surface area contributed by atoms with Gasteiger partial charge in [0.15, 0.2) is 11.6 Å². The summed E-state index contributed by atoms with van der Waals surface area (Å²) in [4.78, 5) is 19.2. The van der Waals surface area contributed by atoms with E-state index in [1.54, 1.807) is 18.2 Å². The van der Waals surface area contributed by atoms with Gasteiger partial charge in [-0.15, -0.1) is 0 Å². The number of nitrogens with one attached hydrogen (secondary N) is 2. The van der Waals surface area contributed by atoms with E-state index in [0.29, 0.717) is 11.0 Å². The van der Waals surface area contributed by atoms with E-state index in [-0.39, 0.29) is 22.2 Å². The second-order valence-corrected chi connectivity index (χ2v) is 8.82. The Bertz CT molecular complexity index is 1450. The number of fused-ring (bicyclic) bond motifs is 1. The third-order valence-electron chi connectivity index (χ3n) is 5.00. The summed E-state index contributed by atoms with van der Waals surface area (Å²) in [6.45, 7) is 3.91. The summed E-state index contributed by atoms with van der Waals surface area (Å²) >= 11 is 0. The SMILES string of the molecule is Cc1cccc(Nc2nc3ccccc3nc2NS(=O)(=O)c2cccc([N+](=O)[O-])c2)c1C. The zero-order valence-corrected chi connectivity index (χ0v) is 18.1. The molecule has 162 valence electrons. The van der Waals surface area contributed by atoms with Gasteiger partial charge in [-0.2, -0.15) is 0 Å². The minimum atomic E-state index is -4.17. The lowest BCUT2D eigenvalue weighted by Gasteiger charge is -2.15. The number of nitrogens with zero attached hydrogens (tertiary/aromatic N) is 3. The van der Waals surface area contributed by atoms with Gasteiger partial charge in [-0.1, -0.05) is 30.3 Å². The van der Waals surface area contributed by atoms with Crippen molar-refractivity contribution >= 4 is 44.1 Å². The van der Waals surface area contributed by atoms with Gasteiger partial charge in [-0.3, -0.25) is 14.8 Å². The van der Waals surface area contributed by atoms with Crippen molar-refractivity contribution in [1.29, 1.82) is 0 Å². The Morgan fingerprint density at radius 3 is 2.22 bits per heavy atom. The Morgan fingerprint density at radius 1 is 0.875 bits per heavy atom. The molecule has 0 aliphatic carbocycles. The van der Waals surface area contributed by atoms with Crippen LogP contribution >= 0.6 is 0 Å². The molecule has 0 bridgehead atoms. The van der Waals surface area contributed by atoms with Crippen LogP contribution in [0.3, 0.4) is 0 Å². The van der Waals surface area contributed by atoms with E-state index in [1.165, 1.54) is 18.2 Å². The molecule has 0 radical (unpaired) electrons. The van der Waals surface area contributed by atoms with Crippen LogP contribution in [0.5, 0.6) is 0 Å². The monoisotopic (exact) mass is 449 g/mol. The fraction of sp³-hybridized carbons (Fsp3) is 0.0909. The third-order valence-corrected chi connectivity index (χ3v) is 6.33. The molecule has 4 rings (SSSR count). The Kier molecular flexibility index (Phi) is 5.45. The summed E-state index contributed by atoms with van der Waals surface area (Å²) < 4.78 is 28.4. The number of nitro benzene ring substituents is 1. The second-order valence-electron chi connectivity index (χ2n) is 7.14. The van der Waals surface area contributed by atoms with E-state index in [1.807, 2.05) is 38.1 Å². The van der Waals surface area contributed by atoms with E-state index >= 15 is 0 Å². The van der Waals surface area contributed by atoms with Crippen molar-refractivity contribution in [1.82, 2.24) is 9.97 Å². The van der Waals surface area contributed by atoms with Crippen molar-refractivity contribution in [2.24, 2.45) is 0 Å². The van der Waals surface area contributed by atoms with Gasteiger partial charge in [0.2, 0.25) is 0 Å². The van der Waals surface area contributed by atoms with Crippen LogP contribution in [0.4, 0.5) is 23.0 Å². The van der Waals surface area contributed by atoms with Crippen LogP contribution < -0.4 is 10.0 Å². The normalized spacial score (nSPS) is 11.3. The number of para-hydroxylation sites is 2. The summed E-state index contributed by atoms with van der Waals surface area (Å²) in [6.07, 6.45) is 0. The predicted octanol–water partition coefficient (Wildman–Crippen LogP) is 4.70. The van der Waals surface area contributed by atoms with Crippen molar-refractivity contribution in [3.63, 3.8) is 0 Å². The van der Waals surface area contributed by atoms with Crippen LogP contribution in [0.2, 0.25) is 0 Å². The van der Waals surface area contributed by atoms with Gasteiger partial charge in [0.05, 0.1) is 20.9 Å². The van der Waals surface area contributed by atoms with Crippen LogP contribution in [0.15, 0.2) is 71.6 Å². The Labute approximate surface area is 184 Å². The first-order valence-electron chi connectivity index (χ1n) is 9.62. The summed E-state index contributed by atoms with van der Waals surface area (Å²) in [5.74, 6) is 0.197. The second kappa shape index (κ2) is 8.23. The van der Waals surface area contributed by atoms with E-state index in [0.717, 1.165) is 22.9 Å². The minimum Gasteiger partial charge on any atom is -0.337 e. The molecule has 0 amide bonds. The highest BCUT2D eigenvalue weighted by Gasteiger charge is 2.21. The van der Waals surface area contributed by atoms with Gasteiger partial charge >= 0.3 is 0 Å². The van der Waals surface area contributed by atoms with Crippen LogP contribution in [-0.4, -0.2) is 23.3 Å². The molecule has 0 aliphatic rings. The average molecular weight is 449 g/mol. The van der Waals surface area contributed by atoms with E-state index in [9.17, 15) is 18.5 Å². The molecule has 10 heteroatoms. The molecule has 1 aromatic heterocycles. The Balaban J connectivity index is 1.80. The number of hydrogen-bond acceptors (Lipinski definition) is 7. The molecule has 0 saturated carbocycles. The third kappa shape index (κ3) is 4.21. The molecule has 0 saturated heterocycles. The minimum absolute atomic E-state index is 0.0175. The predicted molar refractivity (Wildman–Crippen MR) is 123 cm³/mol. The molecule has 32 heavy (non-hydrogen) atoms. The topological polar surface area (TPSA) is 127 Å². The van der Waals surface area contributed by atoms with Crippen molar-refractivity contribution < 1.29 is 13.3 Å². The van der Waals surface area contributed by atoms with Gasteiger partial charge in [-0.25, -0.2) is 18.4 Å². The van der Waals surface area contributed by atoms with Crippen LogP contribution in [-0.2, 0) is 10.0 Å². The van der Waals surface area contributed by atoms with Gasteiger partial charge in [0.25, 0.3) is 15.7 Å². The molecule has 3 aromatic carbocycles. The zero-order valence-electron chi connectivity index (χ0n) is 17.2. The fourth-order valence-electron chi connectivity index (χ4n) is 3.12. The molecular formula is C22H19N5O4S. The summed E-state index contributed by atoms with van der Waals surface area (Å²) in [6, 6.07) is 17.6. The first kappa shape index (κ1) is 21.2. The summed E-state index contributed by atoms with van der Waals surface area (Å²) in [5, 5.41) is 14.2. The maximum absolute atomic E-state index is 13.0. The smallest absolute Gasteiger partial charge is 0.270 e. The lowest BCUT2D eigenvalue weighted by molar-refractivity contribution is -0.385. The number of benzene rings is 3. The van der Waals surface area contributed by atoms with Gasteiger partial charge < -0.3 is 5.32 Å². The quantitative estimate of drug-likeness (QED) is 0.323. The van der Waals surface area contributed by atoms with E-state index in [4.69, 9.17) is 0 Å². The number of anilines is 3. The largest absolute Gasteiger partial charge is 0.337 e. The number of aryl methyl sites for hydroxylation is 1. The molecule has 4 aromatic rings. The number of rotatable bonds is 6. The lowest BCUT2D eigenvalue weighted by atomic mass is 10.1. The molecule has 0 spiro atoms. The molecule has 0 fully saturated rings. The number of hydrogen-bond donors (Lipinski definition) is 2. The van der Waals surface area contributed by atoms with Gasteiger partial charge in [-0.05, 0) is 49.2 Å². The summed E-state index contributed by atoms with van der Waals surface area (Å²) in [5.41, 5.74) is 3.54. The Morgan fingerprint density at radius 2 is 1.53 bits per heavy atom. The van der Waals surface area contributed by atoms with Crippen molar-refractivity contribution in [3.05, 3.63) is 88.0 Å². The molecule has 0 aliphatic heterocycles. The van der Waals surface area contributed by atoms with Crippen molar-refractivity contribution in [2.45, 2.75) is 18.7 Å². The average Bonchev–Trinajstić information content (AvgIpc) is 2.77. The number of aromatic nitrogens is 2. The fourth-order valence-corrected chi connectivity index (χ4v) is 4.17. The van der Waals surface area contributed by atoms with Crippen LogP contribution in [0, 0.1) is 24.0 Å². The summed E-state index contributed by atoms with van der Waals surface area (Å²) in [7, 11) is -4.17. The highest BCUT2D eigenvalue weighted by atomic mass is 32.2. The van der Waals surface area contributed by atoms with Gasteiger partial charge in [0, 0.05) is 17.8 Å². The first-order chi connectivity index (χ1) is 15.2. The Hall–Kier alpha value is -4.05. The lowest BCUT2D eigenvalue weighted by Crippen LogP contribution is -2.16. The van der Waals surface area contributed by atoms with Crippen LogP contribution in [0.25, 0.3) is 11.0 Å². The molecular weight excluding hydrogens is 430 g/mol. The highest BCUT2D eigenvalue weighted by Crippen LogP contribution is 2.29. The maximum atomic E-state index is 13.0. The number of nitro groups is 1. The standard InChI is InChI=1S/C22H19N5O4S/c1-14-7-5-12-18(15(14)2)23-21-22(25-20-11-4-3-10-19(20)24-21)26-32(30,31)17-9-6-8-16(13-17)27(28)29/h3-13H,1-2H3,(H,23,24)(H,25,26). The molecule has 0 atom stereocenters. The van der Waals surface area contributed by atoms with Gasteiger partial charge in [0.1, 0.15) is 0 Å². The molecule has 9 nitrogen and oxygen atoms in total. The highest BCUT2D eigenvalue weighted by molar-refractivity contribution is 7.92. The molecule has 1 heterocycles. The maximum Gasteiger partial charge on any atom is 0.270 e. The van der Waals surface area contributed by atoms with Crippen molar-refractivity contribution in [3.8, 4) is 0 Å². The zero-order chi connectivity index (χ0) is 22.9. The first-order valence-corrected chi connectivity index (χ1v) is 11.1. The van der Waals surface area contributed by atoms with E-state index in [2.05, 4.69) is 20.0 Å². The molecule has 2 N–H and O–H groups in total.